The Bertz CT molecular complexity index is 70.8. The number of hydrogen-bond donors (Lipinski definition) is 3. The minimum absolute atomic E-state index is 0. The molecule has 12 heteroatoms. The van der Waals surface area contributed by atoms with Gasteiger partial charge >= 0.3 is 37.4 Å². The second-order valence-corrected chi connectivity index (χ2v) is 1.54. The van der Waals surface area contributed by atoms with Crippen LogP contribution in [0.1, 0.15) is 1.43 Å². The van der Waals surface area contributed by atoms with Crippen LogP contribution in [0.2, 0.25) is 0 Å². The van der Waals surface area contributed by atoms with Crippen molar-refractivity contribution in [3.63, 3.8) is 0 Å². The topological polar surface area (TPSA) is 77.8 Å². The molecule has 0 atom stereocenters. The van der Waals surface area contributed by atoms with Crippen molar-refractivity contribution in [1.29, 1.82) is 0 Å². The molecule has 0 heterocycles. The second kappa shape index (κ2) is 29.2. The van der Waals surface area contributed by atoms with Gasteiger partial charge in [-0.3, -0.25) is 0 Å². The van der Waals surface area contributed by atoms with E-state index < -0.39 is 7.82 Å². The Morgan fingerprint density at radius 2 is 0.750 bits per heavy atom. The van der Waals surface area contributed by atoms with Crippen LogP contribution in [0.4, 0.5) is 0 Å². The molecule has 0 aromatic carbocycles. The van der Waals surface area contributed by atoms with Crippen LogP contribution in [0, 0.1) is 0 Å². The van der Waals surface area contributed by atoms with Crippen molar-refractivity contribution in [3.05, 3.63) is 0 Å². The van der Waals surface area contributed by atoms with E-state index in [1.54, 1.807) is 0 Å². The van der Waals surface area contributed by atoms with E-state index in [2.05, 4.69) is 0 Å². The van der Waals surface area contributed by atoms with Crippen LogP contribution in [0.3, 0.4) is 0 Å². The zero-order valence-electron chi connectivity index (χ0n) is 6.65. The molecule has 0 rings (SSSR count). The first-order chi connectivity index (χ1) is 2.00. The van der Waals surface area contributed by atoms with Crippen LogP contribution in [0.25, 0.3) is 0 Å². The summed E-state index contributed by atoms with van der Waals surface area (Å²) in [6.45, 7) is 0. The molecule has 0 saturated heterocycles. The van der Waals surface area contributed by atoms with E-state index in [1.165, 1.54) is 0 Å². The predicted molar refractivity (Wildman–Crippen MR) is 58.9 cm³/mol. The Kier molecular flexibility index (Phi) is 148. The largest absolute Gasteiger partial charge is 1.00 e. The maximum atomic E-state index is 8.88. The molecule has 0 aromatic rings. The molecule has 0 bridgehead atoms. The summed E-state index contributed by atoms with van der Waals surface area (Å²) in [4.78, 5) is 21.6. The molecule has 0 saturated carbocycles. The first-order valence-electron chi connectivity index (χ1n) is 0.783. The van der Waals surface area contributed by atoms with Gasteiger partial charge in [0, 0.05) is 0 Å². The molecular weight excluding hydrogens is 331 g/mol. The van der Waals surface area contributed by atoms with E-state index >= 15 is 0 Å². The summed E-state index contributed by atoms with van der Waals surface area (Å²) in [6, 6.07) is 0. The molecule has 0 fully saturated rings. The summed E-state index contributed by atoms with van der Waals surface area (Å²) in [5.74, 6) is 0. The number of phosphoric acid groups is 1. The third kappa shape index (κ3) is 222. The maximum absolute atomic E-state index is 8.88. The minimum Gasteiger partial charge on any atom is -1.00 e. The van der Waals surface area contributed by atoms with Gasteiger partial charge in [-0.1, -0.05) is 0 Å². The van der Waals surface area contributed by atoms with Crippen molar-refractivity contribution in [1.82, 2.24) is 0 Å². The fraction of sp³-hybridized carbons (Fsp3) is 0. The fourth-order valence-electron chi connectivity index (χ4n) is 0. The number of hydrogen-bond acceptors (Lipinski definition) is 1. The Labute approximate surface area is 131 Å². The Morgan fingerprint density at radius 3 is 0.750 bits per heavy atom. The first kappa shape index (κ1) is 60.7. The van der Waals surface area contributed by atoms with Crippen molar-refractivity contribution < 1.29 is 50.2 Å². The van der Waals surface area contributed by atoms with Crippen molar-refractivity contribution in [3.8, 4) is 0 Å². The van der Waals surface area contributed by atoms with Crippen LogP contribution in [-0.4, -0.2) is 14.7 Å². The molecule has 82 valence electrons. The summed E-state index contributed by atoms with van der Waals surface area (Å²) in [7, 11) is -4.64. The average Bonchev–Trinajstić information content (AvgIpc) is 0.722. The van der Waals surface area contributed by atoms with Gasteiger partial charge in [0.1, 0.15) is 0 Å². The zero-order valence-corrected chi connectivity index (χ0v) is 13.4. The van der Waals surface area contributed by atoms with Crippen LogP contribution in [0.5, 0.6) is 0 Å². The third-order valence-corrected chi connectivity index (χ3v) is 0. The monoisotopic (exact) mass is 338 g/mol. The standard InChI is InChI=1S/6ClH.Na.H3O4P.H/c;;;;;;;1-5(2,3)4;/h6*1H;;(H3,1,2,3,4);/q;;;;;;+1;;-1. The van der Waals surface area contributed by atoms with Gasteiger partial charge in [-0.2, -0.15) is 0 Å². The average molecular weight is 341 g/mol. The summed E-state index contributed by atoms with van der Waals surface area (Å²) in [5.41, 5.74) is 0. The third-order valence-electron chi connectivity index (χ3n) is 0. The quantitative estimate of drug-likeness (QED) is 0.379. The first-order valence-corrected chi connectivity index (χ1v) is 2.35. The molecule has 0 aliphatic heterocycles. The molecular formula is H10Cl6NaO4P. The molecule has 12 heavy (non-hydrogen) atoms. The van der Waals surface area contributed by atoms with Crippen molar-refractivity contribution in [2.75, 3.05) is 0 Å². The predicted octanol–water partition coefficient (Wildman–Crippen LogP) is -1.28. The molecule has 0 aliphatic carbocycles. The van der Waals surface area contributed by atoms with Crippen LogP contribution in [-0.2, 0) is 4.57 Å². The van der Waals surface area contributed by atoms with Gasteiger partial charge in [0.05, 0.1) is 0 Å². The van der Waals surface area contributed by atoms with Gasteiger partial charge in [-0.15, -0.1) is 74.4 Å². The fourth-order valence-corrected chi connectivity index (χ4v) is 0. The van der Waals surface area contributed by atoms with Gasteiger partial charge in [-0.25, -0.2) is 4.57 Å². The van der Waals surface area contributed by atoms with Crippen LogP contribution in [0.15, 0.2) is 0 Å². The van der Waals surface area contributed by atoms with Gasteiger partial charge in [-0.05, 0) is 0 Å². The van der Waals surface area contributed by atoms with Gasteiger partial charge < -0.3 is 16.1 Å². The molecule has 3 N–H and O–H groups in total. The van der Waals surface area contributed by atoms with Gasteiger partial charge in [0.15, 0.2) is 0 Å². The van der Waals surface area contributed by atoms with Crippen molar-refractivity contribution >= 4 is 82.3 Å². The Hall–Kier alpha value is 2.85. The smallest absolute Gasteiger partial charge is 1.00 e. The summed E-state index contributed by atoms with van der Waals surface area (Å²) in [6.07, 6.45) is 0. The van der Waals surface area contributed by atoms with Gasteiger partial charge in [0.2, 0.25) is 0 Å². The van der Waals surface area contributed by atoms with E-state index in [0.29, 0.717) is 0 Å². The number of halogens is 6. The zero-order chi connectivity index (χ0) is 4.50. The van der Waals surface area contributed by atoms with E-state index in [-0.39, 0.29) is 105 Å². The van der Waals surface area contributed by atoms with E-state index in [1.807, 2.05) is 0 Å². The summed E-state index contributed by atoms with van der Waals surface area (Å²) < 4.78 is 8.88. The molecule has 0 unspecified atom stereocenters. The van der Waals surface area contributed by atoms with Crippen molar-refractivity contribution in [2.45, 2.75) is 0 Å². The van der Waals surface area contributed by atoms with Crippen LogP contribution >= 0.6 is 82.3 Å². The maximum Gasteiger partial charge on any atom is 1.00 e. The minimum atomic E-state index is -4.64. The molecule has 0 amide bonds. The Morgan fingerprint density at radius 1 is 0.750 bits per heavy atom. The van der Waals surface area contributed by atoms with E-state index in [9.17, 15) is 0 Å². The molecule has 4 nitrogen and oxygen atoms in total. The van der Waals surface area contributed by atoms with Gasteiger partial charge in [0.25, 0.3) is 0 Å². The summed E-state index contributed by atoms with van der Waals surface area (Å²) >= 11 is 0. The summed E-state index contributed by atoms with van der Waals surface area (Å²) in [5, 5.41) is 0. The number of rotatable bonds is 0. The SMILES string of the molecule is Cl.Cl.Cl.Cl.Cl.Cl.O=P(O)(O)O.[H-].[Na+]. The van der Waals surface area contributed by atoms with Crippen LogP contribution < -0.4 is 29.6 Å². The van der Waals surface area contributed by atoms with E-state index in [4.69, 9.17) is 19.2 Å². The molecule has 0 radical (unpaired) electrons. The second-order valence-electron chi connectivity index (χ2n) is 0.513. The molecule has 0 spiro atoms. The molecule has 0 aromatic heterocycles. The van der Waals surface area contributed by atoms with E-state index in [0.717, 1.165) is 0 Å². The normalized spacial score (nSPS) is 4.92. The van der Waals surface area contributed by atoms with Crippen molar-refractivity contribution in [2.24, 2.45) is 0 Å². The Balaban J connectivity index is -0.00000000286. The molecule has 0 aliphatic rings.